The van der Waals surface area contributed by atoms with Gasteiger partial charge in [-0.3, -0.25) is 14.3 Å². The molecule has 116 valence electrons. The molecule has 1 N–H and O–H groups in total. The molecule has 0 bridgehead atoms. The number of halogens is 1. The van der Waals surface area contributed by atoms with E-state index in [1.807, 2.05) is 6.92 Å². The Labute approximate surface area is 133 Å². The van der Waals surface area contributed by atoms with Gasteiger partial charge in [0.15, 0.2) is 5.69 Å². The van der Waals surface area contributed by atoms with E-state index < -0.39 is 0 Å². The Bertz CT molecular complexity index is 694. The number of nitrogens with one attached hydrogen (secondary N) is 1. The Morgan fingerprint density at radius 3 is 2.45 bits per heavy atom. The highest BCUT2D eigenvalue weighted by Gasteiger charge is 2.15. The highest BCUT2D eigenvalue weighted by atomic mass is 35.5. The molecule has 0 fully saturated rings. The Hall–Kier alpha value is -2.34. The van der Waals surface area contributed by atoms with Gasteiger partial charge in [0.25, 0.3) is 5.91 Å². The molecule has 1 aromatic heterocycles. The molecule has 0 unspecified atom stereocenters. The summed E-state index contributed by atoms with van der Waals surface area (Å²) < 4.78 is 1.60. The van der Waals surface area contributed by atoms with Crippen LogP contribution >= 0.6 is 11.6 Å². The van der Waals surface area contributed by atoms with Crippen LogP contribution in [-0.2, 0) is 11.3 Å². The lowest BCUT2D eigenvalue weighted by molar-refractivity contribution is -0.116. The Kier molecular flexibility index (Phi) is 4.82. The standard InChI is InChI=1S/C15H17ClN4O2/c1-4-20-9-13(16)14(18-20)15(22)17-11-5-7-12(8-6-11)19(3)10(2)21/h5-9H,4H2,1-3H3,(H,17,22). The first kappa shape index (κ1) is 16.0. The monoisotopic (exact) mass is 320 g/mol. The van der Waals surface area contributed by atoms with Gasteiger partial charge >= 0.3 is 0 Å². The van der Waals surface area contributed by atoms with E-state index in [0.29, 0.717) is 17.3 Å². The van der Waals surface area contributed by atoms with Gasteiger partial charge in [-0.15, -0.1) is 0 Å². The van der Waals surface area contributed by atoms with Crippen molar-refractivity contribution in [3.63, 3.8) is 0 Å². The molecule has 1 heterocycles. The Morgan fingerprint density at radius 2 is 1.95 bits per heavy atom. The van der Waals surface area contributed by atoms with E-state index in [1.54, 1.807) is 42.2 Å². The van der Waals surface area contributed by atoms with Crippen LogP contribution in [0.25, 0.3) is 0 Å². The summed E-state index contributed by atoms with van der Waals surface area (Å²) in [6.45, 7) is 4.04. The van der Waals surface area contributed by atoms with Gasteiger partial charge in [0.05, 0.1) is 5.02 Å². The number of hydrogen-bond donors (Lipinski definition) is 1. The van der Waals surface area contributed by atoms with Crippen molar-refractivity contribution in [1.82, 2.24) is 9.78 Å². The van der Waals surface area contributed by atoms with Crippen LogP contribution in [0.2, 0.25) is 5.02 Å². The second kappa shape index (κ2) is 6.62. The van der Waals surface area contributed by atoms with Gasteiger partial charge < -0.3 is 10.2 Å². The number of amides is 2. The highest BCUT2D eigenvalue weighted by molar-refractivity contribution is 6.34. The molecular weight excluding hydrogens is 304 g/mol. The average Bonchev–Trinajstić information content (AvgIpc) is 2.88. The number of rotatable bonds is 4. The van der Waals surface area contributed by atoms with Crippen LogP contribution in [0, 0.1) is 0 Å². The lowest BCUT2D eigenvalue weighted by Gasteiger charge is -2.15. The maximum absolute atomic E-state index is 12.2. The molecule has 0 aliphatic carbocycles. The van der Waals surface area contributed by atoms with Crippen LogP contribution in [0.1, 0.15) is 24.3 Å². The van der Waals surface area contributed by atoms with E-state index in [1.165, 1.54) is 11.8 Å². The van der Waals surface area contributed by atoms with Gasteiger partial charge in [-0.2, -0.15) is 5.10 Å². The van der Waals surface area contributed by atoms with Crippen LogP contribution in [-0.4, -0.2) is 28.6 Å². The summed E-state index contributed by atoms with van der Waals surface area (Å²) in [6.07, 6.45) is 1.61. The van der Waals surface area contributed by atoms with Gasteiger partial charge in [0.2, 0.25) is 5.91 Å². The number of aryl methyl sites for hydroxylation is 1. The zero-order chi connectivity index (χ0) is 16.3. The molecule has 0 aliphatic heterocycles. The number of benzene rings is 1. The van der Waals surface area contributed by atoms with E-state index in [0.717, 1.165) is 5.69 Å². The molecule has 22 heavy (non-hydrogen) atoms. The van der Waals surface area contributed by atoms with Crippen LogP contribution in [0.5, 0.6) is 0 Å². The summed E-state index contributed by atoms with van der Waals surface area (Å²) in [4.78, 5) is 25.0. The maximum Gasteiger partial charge on any atom is 0.277 e. The SMILES string of the molecule is CCn1cc(Cl)c(C(=O)Nc2ccc(N(C)C(C)=O)cc2)n1. The van der Waals surface area contributed by atoms with Crippen molar-refractivity contribution < 1.29 is 9.59 Å². The normalized spacial score (nSPS) is 10.4. The molecule has 2 aromatic rings. The van der Waals surface area contributed by atoms with Gasteiger partial charge in [0, 0.05) is 38.1 Å². The number of carbonyl (C=O) groups is 2. The van der Waals surface area contributed by atoms with E-state index in [4.69, 9.17) is 11.6 Å². The van der Waals surface area contributed by atoms with Crippen molar-refractivity contribution in [2.75, 3.05) is 17.3 Å². The zero-order valence-electron chi connectivity index (χ0n) is 12.6. The molecule has 0 saturated carbocycles. The van der Waals surface area contributed by atoms with Crippen molar-refractivity contribution in [2.24, 2.45) is 0 Å². The van der Waals surface area contributed by atoms with Crippen LogP contribution in [0.15, 0.2) is 30.5 Å². The fraction of sp³-hybridized carbons (Fsp3) is 0.267. The maximum atomic E-state index is 12.2. The molecule has 2 rings (SSSR count). The Balaban J connectivity index is 2.11. The first-order valence-corrected chi connectivity index (χ1v) is 7.18. The third-order valence-corrected chi connectivity index (χ3v) is 3.52. The molecule has 6 nitrogen and oxygen atoms in total. The lowest BCUT2D eigenvalue weighted by atomic mass is 10.2. The number of anilines is 2. The average molecular weight is 321 g/mol. The molecule has 0 spiro atoms. The molecule has 7 heteroatoms. The van der Waals surface area contributed by atoms with Crippen LogP contribution < -0.4 is 10.2 Å². The zero-order valence-corrected chi connectivity index (χ0v) is 13.4. The topological polar surface area (TPSA) is 67.2 Å². The number of carbonyl (C=O) groups excluding carboxylic acids is 2. The van der Waals surface area contributed by atoms with E-state index in [-0.39, 0.29) is 17.5 Å². The number of nitrogens with zero attached hydrogens (tertiary/aromatic N) is 3. The second-order valence-corrected chi connectivity index (χ2v) is 5.17. The van der Waals surface area contributed by atoms with Gasteiger partial charge in [-0.1, -0.05) is 11.6 Å². The molecule has 0 saturated heterocycles. The third kappa shape index (κ3) is 3.46. The fourth-order valence-corrected chi connectivity index (χ4v) is 2.09. The van der Waals surface area contributed by atoms with Crippen molar-refractivity contribution in [3.05, 3.63) is 41.2 Å². The predicted molar refractivity (Wildman–Crippen MR) is 86.4 cm³/mol. The fourth-order valence-electron chi connectivity index (χ4n) is 1.85. The minimum atomic E-state index is -0.370. The summed E-state index contributed by atoms with van der Waals surface area (Å²) in [6, 6.07) is 6.95. The highest BCUT2D eigenvalue weighted by Crippen LogP contribution is 2.19. The molecule has 1 aromatic carbocycles. The molecule has 2 amide bonds. The minimum absolute atomic E-state index is 0.0614. The summed E-state index contributed by atoms with van der Waals surface area (Å²) in [5.41, 5.74) is 1.54. The molecule has 0 aliphatic rings. The third-order valence-electron chi connectivity index (χ3n) is 3.24. The van der Waals surface area contributed by atoms with Crippen molar-refractivity contribution in [2.45, 2.75) is 20.4 Å². The number of hydrogen-bond acceptors (Lipinski definition) is 3. The van der Waals surface area contributed by atoms with Gasteiger partial charge in [-0.25, -0.2) is 0 Å². The quantitative estimate of drug-likeness (QED) is 0.942. The van der Waals surface area contributed by atoms with Crippen LogP contribution in [0.4, 0.5) is 11.4 Å². The second-order valence-electron chi connectivity index (χ2n) is 4.76. The van der Waals surface area contributed by atoms with Crippen molar-refractivity contribution in [1.29, 1.82) is 0 Å². The van der Waals surface area contributed by atoms with Gasteiger partial charge in [-0.05, 0) is 31.2 Å². The summed E-state index contributed by atoms with van der Waals surface area (Å²) in [5.74, 6) is -0.432. The smallest absolute Gasteiger partial charge is 0.277 e. The Morgan fingerprint density at radius 1 is 1.32 bits per heavy atom. The summed E-state index contributed by atoms with van der Waals surface area (Å²) in [7, 11) is 1.69. The van der Waals surface area contributed by atoms with Crippen molar-refractivity contribution in [3.8, 4) is 0 Å². The lowest BCUT2D eigenvalue weighted by Crippen LogP contribution is -2.22. The largest absolute Gasteiger partial charge is 0.321 e. The molecule has 0 atom stereocenters. The van der Waals surface area contributed by atoms with E-state index in [9.17, 15) is 9.59 Å². The minimum Gasteiger partial charge on any atom is -0.321 e. The van der Waals surface area contributed by atoms with Gasteiger partial charge in [0.1, 0.15) is 0 Å². The molecule has 0 radical (unpaired) electrons. The predicted octanol–water partition coefficient (Wildman–Crippen LogP) is 2.79. The number of aromatic nitrogens is 2. The first-order valence-electron chi connectivity index (χ1n) is 6.81. The van der Waals surface area contributed by atoms with E-state index >= 15 is 0 Å². The van der Waals surface area contributed by atoms with Crippen LogP contribution in [0.3, 0.4) is 0 Å². The summed E-state index contributed by atoms with van der Waals surface area (Å²) in [5, 5.41) is 7.15. The van der Waals surface area contributed by atoms with E-state index in [2.05, 4.69) is 10.4 Å². The molecular formula is C15H17ClN4O2. The summed E-state index contributed by atoms with van der Waals surface area (Å²) >= 11 is 6.00. The first-order chi connectivity index (χ1) is 10.4. The van der Waals surface area contributed by atoms with Crippen molar-refractivity contribution >= 4 is 34.8 Å².